The second-order valence-electron chi connectivity index (χ2n) is 7.30. The highest BCUT2D eigenvalue weighted by atomic mass is 16.7. The average molecular weight is 432 g/mol. The summed E-state index contributed by atoms with van der Waals surface area (Å²) >= 11 is 0. The van der Waals surface area contributed by atoms with E-state index < -0.39 is 36.7 Å². The lowest BCUT2D eigenvalue weighted by Gasteiger charge is -2.40. The molecular weight excluding hydrogens is 404 g/mol. The molecule has 2 aromatic rings. The normalized spacial score (nSPS) is 25.6. The molecule has 8 heteroatoms. The maximum Gasteiger partial charge on any atom is 0.305 e. The van der Waals surface area contributed by atoms with E-state index in [0.717, 1.165) is 16.9 Å². The van der Waals surface area contributed by atoms with E-state index in [-0.39, 0.29) is 13.0 Å². The van der Waals surface area contributed by atoms with Crippen molar-refractivity contribution >= 4 is 5.97 Å². The van der Waals surface area contributed by atoms with Crippen molar-refractivity contribution in [2.45, 2.75) is 50.5 Å². The molecule has 1 unspecified atom stereocenters. The summed E-state index contributed by atoms with van der Waals surface area (Å²) in [6.07, 6.45) is -5.97. The number of carbonyl (C=O) groups excluding carboxylic acids is 1. The lowest BCUT2D eigenvalue weighted by molar-refractivity contribution is -0.278. The second-order valence-corrected chi connectivity index (χ2v) is 7.30. The van der Waals surface area contributed by atoms with Crippen molar-refractivity contribution in [3.8, 4) is 11.5 Å². The summed E-state index contributed by atoms with van der Waals surface area (Å²) in [5.74, 6) is 0.767. The Bertz CT molecular complexity index is 853. The van der Waals surface area contributed by atoms with Gasteiger partial charge >= 0.3 is 5.97 Å². The van der Waals surface area contributed by atoms with Gasteiger partial charge in [-0.15, -0.1) is 0 Å². The fourth-order valence-corrected chi connectivity index (χ4v) is 3.28. The number of ether oxygens (including phenoxy) is 4. The first-order chi connectivity index (χ1) is 14.9. The fraction of sp³-hybridized carbons (Fsp3) is 0.435. The van der Waals surface area contributed by atoms with Gasteiger partial charge in [-0.3, -0.25) is 4.79 Å². The van der Waals surface area contributed by atoms with Crippen molar-refractivity contribution in [2.75, 3.05) is 13.7 Å². The van der Waals surface area contributed by atoms with Gasteiger partial charge in [0.05, 0.1) is 7.11 Å². The molecule has 0 amide bonds. The van der Waals surface area contributed by atoms with Gasteiger partial charge in [-0.05, 0) is 29.3 Å². The van der Waals surface area contributed by atoms with Crippen molar-refractivity contribution < 1.29 is 39.1 Å². The van der Waals surface area contributed by atoms with Crippen LogP contribution in [0, 0.1) is 0 Å². The molecule has 0 spiro atoms. The highest BCUT2D eigenvalue weighted by molar-refractivity contribution is 5.68. The first-order valence-electron chi connectivity index (χ1n) is 10.2. The Hall–Kier alpha value is -2.65. The van der Waals surface area contributed by atoms with E-state index in [4.69, 9.17) is 18.9 Å². The number of rotatable bonds is 8. The highest BCUT2D eigenvalue weighted by Gasteiger charge is 2.45. The predicted molar refractivity (Wildman–Crippen MR) is 111 cm³/mol. The topological polar surface area (TPSA) is 115 Å². The maximum atomic E-state index is 11.4. The lowest BCUT2D eigenvalue weighted by Crippen LogP contribution is -2.60. The zero-order chi connectivity index (χ0) is 22.4. The molecule has 31 heavy (non-hydrogen) atoms. The number of carbonyl (C=O) groups is 1. The number of esters is 1. The Morgan fingerprint density at radius 1 is 1.00 bits per heavy atom. The van der Waals surface area contributed by atoms with Crippen molar-refractivity contribution in [3.05, 3.63) is 59.7 Å². The third-order valence-corrected chi connectivity index (χ3v) is 5.14. The predicted octanol–water partition coefficient (Wildman–Crippen LogP) is 1.43. The van der Waals surface area contributed by atoms with Crippen LogP contribution < -0.4 is 9.47 Å². The molecule has 1 aliphatic heterocycles. The number of para-hydroxylation sites is 1. The van der Waals surface area contributed by atoms with Gasteiger partial charge in [0.1, 0.15) is 42.5 Å². The maximum absolute atomic E-state index is 11.4. The molecule has 0 bridgehead atoms. The number of hydrogen-bond acceptors (Lipinski definition) is 8. The average Bonchev–Trinajstić information content (AvgIpc) is 2.80. The molecule has 168 valence electrons. The minimum Gasteiger partial charge on any atom is -0.497 e. The monoisotopic (exact) mass is 432 g/mol. The summed E-state index contributed by atoms with van der Waals surface area (Å²) in [7, 11) is 1.61. The first-order valence-corrected chi connectivity index (χ1v) is 10.2. The van der Waals surface area contributed by atoms with E-state index in [1.54, 1.807) is 26.2 Å². The molecule has 3 N–H and O–H groups in total. The van der Waals surface area contributed by atoms with Gasteiger partial charge in [-0.2, -0.15) is 0 Å². The van der Waals surface area contributed by atoms with Gasteiger partial charge < -0.3 is 34.3 Å². The first kappa shape index (κ1) is 23.0. The molecular formula is C23H28O8. The molecule has 5 atom stereocenters. The molecule has 0 radical (unpaired) electrons. The minimum atomic E-state index is -1.52. The molecule has 3 rings (SSSR count). The number of hydrogen-bond donors (Lipinski definition) is 3. The van der Waals surface area contributed by atoms with E-state index >= 15 is 0 Å². The third kappa shape index (κ3) is 5.74. The summed E-state index contributed by atoms with van der Waals surface area (Å²) in [5, 5.41) is 30.8. The van der Waals surface area contributed by atoms with Crippen LogP contribution in [0.1, 0.15) is 24.5 Å². The zero-order valence-corrected chi connectivity index (χ0v) is 17.5. The largest absolute Gasteiger partial charge is 0.497 e. The molecule has 1 aliphatic rings. The Morgan fingerprint density at radius 3 is 2.39 bits per heavy atom. The van der Waals surface area contributed by atoms with Gasteiger partial charge in [0.2, 0.25) is 6.29 Å². The molecule has 0 saturated carbocycles. The van der Waals surface area contributed by atoms with Crippen LogP contribution in [0.25, 0.3) is 0 Å². The van der Waals surface area contributed by atoms with Crippen LogP contribution in [-0.2, 0) is 20.7 Å². The van der Waals surface area contributed by atoms with E-state index in [9.17, 15) is 20.1 Å². The van der Waals surface area contributed by atoms with Crippen LogP contribution >= 0.6 is 0 Å². The number of benzene rings is 2. The van der Waals surface area contributed by atoms with Crippen LogP contribution in [0.5, 0.6) is 11.5 Å². The summed E-state index contributed by atoms with van der Waals surface area (Å²) in [6.45, 7) is 1.38. The Labute approximate surface area is 180 Å². The summed E-state index contributed by atoms with van der Waals surface area (Å²) in [5.41, 5.74) is 1.87. The molecule has 0 aliphatic carbocycles. The quantitative estimate of drug-likeness (QED) is 0.537. The Balaban J connectivity index is 1.73. The summed E-state index contributed by atoms with van der Waals surface area (Å²) < 4.78 is 21.7. The number of aliphatic hydroxyl groups excluding tert-OH is 3. The third-order valence-electron chi connectivity index (χ3n) is 5.14. The highest BCUT2D eigenvalue weighted by Crippen LogP contribution is 2.28. The SMILES string of the molecule is CCC(=O)OC[C@H]1OC(Oc2ccccc2Cc2ccc(OC)cc2)[C@H](O)[C@@H](O)[C@@H]1O. The van der Waals surface area contributed by atoms with Gasteiger partial charge in [-0.1, -0.05) is 37.3 Å². The molecule has 1 heterocycles. The van der Waals surface area contributed by atoms with E-state index in [1.165, 1.54) is 0 Å². The second kappa shape index (κ2) is 10.6. The summed E-state index contributed by atoms with van der Waals surface area (Å²) in [6, 6.07) is 14.9. The summed E-state index contributed by atoms with van der Waals surface area (Å²) in [4.78, 5) is 11.4. The smallest absolute Gasteiger partial charge is 0.305 e. The van der Waals surface area contributed by atoms with E-state index in [2.05, 4.69) is 0 Å². The van der Waals surface area contributed by atoms with Crippen LogP contribution in [0.2, 0.25) is 0 Å². The van der Waals surface area contributed by atoms with Crippen molar-refractivity contribution in [1.29, 1.82) is 0 Å². The molecule has 2 aromatic carbocycles. The van der Waals surface area contributed by atoms with Crippen LogP contribution in [-0.4, -0.2) is 65.7 Å². The van der Waals surface area contributed by atoms with E-state index in [1.807, 2.05) is 36.4 Å². The lowest BCUT2D eigenvalue weighted by atomic mass is 9.99. The minimum absolute atomic E-state index is 0.173. The van der Waals surface area contributed by atoms with Gasteiger partial charge in [-0.25, -0.2) is 0 Å². The molecule has 1 saturated heterocycles. The number of methoxy groups -OCH3 is 1. The van der Waals surface area contributed by atoms with Crippen LogP contribution in [0.3, 0.4) is 0 Å². The van der Waals surface area contributed by atoms with Gasteiger partial charge in [0.15, 0.2) is 0 Å². The van der Waals surface area contributed by atoms with Crippen molar-refractivity contribution in [1.82, 2.24) is 0 Å². The molecule has 0 aromatic heterocycles. The van der Waals surface area contributed by atoms with Crippen molar-refractivity contribution in [3.63, 3.8) is 0 Å². The van der Waals surface area contributed by atoms with Crippen LogP contribution in [0.4, 0.5) is 0 Å². The zero-order valence-electron chi connectivity index (χ0n) is 17.5. The van der Waals surface area contributed by atoms with Crippen molar-refractivity contribution in [2.24, 2.45) is 0 Å². The molecule has 1 fully saturated rings. The Morgan fingerprint density at radius 2 is 1.71 bits per heavy atom. The Kier molecular flexibility index (Phi) is 7.86. The number of aliphatic hydroxyl groups is 3. The van der Waals surface area contributed by atoms with Gasteiger partial charge in [0, 0.05) is 12.8 Å². The van der Waals surface area contributed by atoms with Crippen LogP contribution in [0.15, 0.2) is 48.5 Å². The molecule has 8 nitrogen and oxygen atoms in total. The van der Waals surface area contributed by atoms with E-state index in [0.29, 0.717) is 12.2 Å². The van der Waals surface area contributed by atoms with Gasteiger partial charge in [0.25, 0.3) is 0 Å². The fourth-order valence-electron chi connectivity index (χ4n) is 3.28. The standard InChI is InChI=1S/C23H28O8/c1-3-19(24)29-13-18-20(25)21(26)22(27)23(31-18)30-17-7-5-4-6-15(17)12-14-8-10-16(28-2)11-9-14/h4-11,18,20-23,25-27H,3,12-13H2,1-2H3/t18-,20-,21+,22-,23?/m1/s1.